The van der Waals surface area contributed by atoms with Gasteiger partial charge in [0, 0.05) is 16.4 Å². The van der Waals surface area contributed by atoms with Crippen molar-refractivity contribution in [1.29, 1.82) is 0 Å². The molecular formula is C11H8BrN3O. The molecule has 1 aromatic heterocycles. The molecule has 0 saturated carbocycles. The predicted octanol–water partition coefficient (Wildman–Crippen LogP) is 3.99. The van der Waals surface area contributed by atoms with Gasteiger partial charge in [-0.15, -0.1) is 4.91 Å². The minimum Gasteiger partial charge on any atom is -0.338 e. The first-order valence-corrected chi connectivity index (χ1v) is 5.40. The van der Waals surface area contributed by atoms with Crippen LogP contribution in [0, 0.1) is 4.91 Å². The summed E-state index contributed by atoms with van der Waals surface area (Å²) in [4.78, 5) is 14.7. The summed E-state index contributed by atoms with van der Waals surface area (Å²) in [6.45, 7) is 0. The molecule has 1 aromatic carbocycles. The molecular weight excluding hydrogens is 270 g/mol. The van der Waals surface area contributed by atoms with E-state index in [0.29, 0.717) is 5.82 Å². The average Bonchev–Trinajstić information content (AvgIpc) is 2.33. The highest BCUT2D eigenvalue weighted by atomic mass is 79.9. The van der Waals surface area contributed by atoms with E-state index < -0.39 is 0 Å². The molecule has 5 heteroatoms. The van der Waals surface area contributed by atoms with Crippen molar-refractivity contribution in [3.05, 3.63) is 52.0 Å². The molecule has 4 nitrogen and oxygen atoms in total. The van der Waals surface area contributed by atoms with Crippen LogP contribution in [0.3, 0.4) is 0 Å². The molecule has 0 unspecified atom stereocenters. The number of nitroso groups, excluding NO2 is 1. The Morgan fingerprint density at radius 3 is 2.69 bits per heavy atom. The zero-order chi connectivity index (χ0) is 11.4. The number of hydrogen-bond donors (Lipinski definition) is 1. The van der Waals surface area contributed by atoms with Crippen LogP contribution < -0.4 is 5.32 Å². The van der Waals surface area contributed by atoms with Gasteiger partial charge < -0.3 is 5.32 Å². The third-order valence-electron chi connectivity index (χ3n) is 1.97. The SMILES string of the molecule is O=Nc1cc(Br)cnc1Nc1ccccc1. The number of anilines is 2. The maximum absolute atomic E-state index is 10.6. The molecule has 2 rings (SSSR count). The van der Waals surface area contributed by atoms with Crippen molar-refractivity contribution in [3.63, 3.8) is 0 Å². The number of halogens is 1. The van der Waals surface area contributed by atoms with E-state index in [0.717, 1.165) is 10.2 Å². The van der Waals surface area contributed by atoms with Crippen molar-refractivity contribution in [2.45, 2.75) is 0 Å². The van der Waals surface area contributed by atoms with Crippen LogP contribution in [0.2, 0.25) is 0 Å². The van der Waals surface area contributed by atoms with Crippen LogP contribution in [0.4, 0.5) is 17.2 Å². The van der Waals surface area contributed by atoms with E-state index in [1.165, 1.54) is 0 Å². The summed E-state index contributed by atoms with van der Waals surface area (Å²) in [5.41, 5.74) is 1.14. The van der Waals surface area contributed by atoms with Crippen LogP contribution in [-0.4, -0.2) is 4.98 Å². The number of nitrogens with one attached hydrogen (secondary N) is 1. The number of aromatic nitrogens is 1. The van der Waals surface area contributed by atoms with Crippen molar-refractivity contribution in [2.24, 2.45) is 5.18 Å². The van der Waals surface area contributed by atoms with Gasteiger partial charge in [0.2, 0.25) is 0 Å². The monoisotopic (exact) mass is 277 g/mol. The molecule has 80 valence electrons. The second kappa shape index (κ2) is 4.85. The van der Waals surface area contributed by atoms with E-state index in [2.05, 4.69) is 31.4 Å². The number of rotatable bonds is 3. The van der Waals surface area contributed by atoms with Crippen molar-refractivity contribution in [3.8, 4) is 0 Å². The van der Waals surface area contributed by atoms with Gasteiger partial charge in [-0.25, -0.2) is 4.98 Å². The maximum atomic E-state index is 10.6. The minimum atomic E-state index is 0.276. The molecule has 0 radical (unpaired) electrons. The molecule has 0 fully saturated rings. The first-order valence-electron chi connectivity index (χ1n) is 4.60. The summed E-state index contributed by atoms with van der Waals surface area (Å²) in [6.07, 6.45) is 1.61. The largest absolute Gasteiger partial charge is 0.338 e. The van der Waals surface area contributed by atoms with E-state index >= 15 is 0 Å². The standard InChI is InChI=1S/C11H8BrN3O/c12-8-6-10(15-16)11(13-7-8)14-9-4-2-1-3-5-9/h1-7H,(H,13,14). The van der Waals surface area contributed by atoms with Crippen LogP contribution in [0.1, 0.15) is 0 Å². The van der Waals surface area contributed by atoms with Crippen LogP contribution in [0.5, 0.6) is 0 Å². The molecule has 0 saturated heterocycles. The van der Waals surface area contributed by atoms with Gasteiger partial charge >= 0.3 is 0 Å². The number of hydrogen-bond acceptors (Lipinski definition) is 4. The third kappa shape index (κ3) is 2.43. The molecule has 0 aliphatic rings. The first kappa shape index (κ1) is 10.8. The maximum Gasteiger partial charge on any atom is 0.160 e. The number of para-hydroxylation sites is 1. The fraction of sp³-hybridized carbons (Fsp3) is 0. The molecule has 0 spiro atoms. The zero-order valence-electron chi connectivity index (χ0n) is 8.22. The summed E-state index contributed by atoms with van der Waals surface area (Å²) in [7, 11) is 0. The molecule has 0 bridgehead atoms. The van der Waals surface area contributed by atoms with Gasteiger partial charge in [-0.05, 0) is 39.3 Å². The Bertz CT molecular complexity index is 502. The molecule has 0 aliphatic carbocycles. The van der Waals surface area contributed by atoms with Gasteiger partial charge in [0.15, 0.2) is 11.5 Å². The molecule has 2 aromatic rings. The second-order valence-corrected chi connectivity index (χ2v) is 4.02. The van der Waals surface area contributed by atoms with Crippen molar-refractivity contribution < 1.29 is 0 Å². The molecule has 1 N–H and O–H groups in total. The summed E-state index contributed by atoms with van der Waals surface area (Å²) < 4.78 is 0.723. The molecule has 16 heavy (non-hydrogen) atoms. The average molecular weight is 278 g/mol. The number of benzene rings is 1. The number of nitrogens with zero attached hydrogens (tertiary/aromatic N) is 2. The smallest absolute Gasteiger partial charge is 0.160 e. The number of pyridine rings is 1. The van der Waals surface area contributed by atoms with Gasteiger partial charge in [0.1, 0.15) is 0 Å². The van der Waals surface area contributed by atoms with E-state index in [4.69, 9.17) is 0 Å². The van der Waals surface area contributed by atoms with E-state index in [9.17, 15) is 4.91 Å². The van der Waals surface area contributed by atoms with Gasteiger partial charge in [-0.2, -0.15) is 0 Å². The molecule has 0 aliphatic heterocycles. The summed E-state index contributed by atoms with van der Waals surface area (Å²) >= 11 is 3.23. The fourth-order valence-electron chi connectivity index (χ4n) is 1.25. The third-order valence-corrected chi connectivity index (χ3v) is 2.40. The minimum absolute atomic E-state index is 0.276. The first-order chi connectivity index (χ1) is 7.79. The predicted molar refractivity (Wildman–Crippen MR) is 67.1 cm³/mol. The van der Waals surface area contributed by atoms with Gasteiger partial charge in [0.25, 0.3) is 0 Å². The lowest BCUT2D eigenvalue weighted by atomic mass is 10.3. The van der Waals surface area contributed by atoms with Gasteiger partial charge in [-0.1, -0.05) is 18.2 Å². The molecule has 1 heterocycles. The highest BCUT2D eigenvalue weighted by Gasteiger charge is 2.05. The highest BCUT2D eigenvalue weighted by molar-refractivity contribution is 9.10. The lowest BCUT2D eigenvalue weighted by Crippen LogP contribution is -1.93. The Morgan fingerprint density at radius 1 is 1.25 bits per heavy atom. The van der Waals surface area contributed by atoms with Gasteiger partial charge in [-0.3, -0.25) is 0 Å². The van der Waals surface area contributed by atoms with Crippen LogP contribution in [0.15, 0.2) is 52.2 Å². The van der Waals surface area contributed by atoms with Crippen LogP contribution in [0.25, 0.3) is 0 Å². The zero-order valence-corrected chi connectivity index (χ0v) is 9.81. The van der Waals surface area contributed by atoms with E-state index in [-0.39, 0.29) is 5.69 Å². The molecule has 0 atom stereocenters. The Hall–Kier alpha value is -1.75. The van der Waals surface area contributed by atoms with Gasteiger partial charge in [0.05, 0.1) is 0 Å². The van der Waals surface area contributed by atoms with E-state index in [1.54, 1.807) is 12.3 Å². The Kier molecular flexibility index (Phi) is 3.26. The summed E-state index contributed by atoms with van der Waals surface area (Å²) in [5, 5.41) is 5.95. The summed E-state index contributed by atoms with van der Waals surface area (Å²) in [6, 6.07) is 11.1. The lowest BCUT2D eigenvalue weighted by Gasteiger charge is -2.06. The highest BCUT2D eigenvalue weighted by Crippen LogP contribution is 2.28. The normalized spacial score (nSPS) is 9.81. The summed E-state index contributed by atoms with van der Waals surface area (Å²) in [5.74, 6) is 0.449. The van der Waals surface area contributed by atoms with Crippen molar-refractivity contribution in [1.82, 2.24) is 4.98 Å². The van der Waals surface area contributed by atoms with Crippen LogP contribution in [-0.2, 0) is 0 Å². The van der Waals surface area contributed by atoms with Crippen LogP contribution >= 0.6 is 15.9 Å². The Balaban J connectivity index is 2.31. The second-order valence-electron chi connectivity index (χ2n) is 3.10. The van der Waals surface area contributed by atoms with Crippen molar-refractivity contribution >= 4 is 33.1 Å². The lowest BCUT2D eigenvalue weighted by molar-refractivity contribution is 1.27. The molecule has 0 amide bonds. The Morgan fingerprint density at radius 2 is 2.00 bits per heavy atom. The fourth-order valence-corrected chi connectivity index (χ4v) is 1.57. The topological polar surface area (TPSA) is 54.4 Å². The quantitative estimate of drug-likeness (QED) is 0.864. The Labute approximate surface area is 101 Å². The van der Waals surface area contributed by atoms with Crippen molar-refractivity contribution in [2.75, 3.05) is 5.32 Å². The van der Waals surface area contributed by atoms with E-state index in [1.807, 2.05) is 30.3 Å².